The lowest BCUT2D eigenvalue weighted by Gasteiger charge is -2.05. The van der Waals surface area contributed by atoms with Gasteiger partial charge in [-0.15, -0.1) is 0 Å². The number of aromatic carboxylic acids is 1. The summed E-state index contributed by atoms with van der Waals surface area (Å²) in [6.45, 7) is 2.81. The average molecular weight is 348 g/mol. The molecule has 0 fully saturated rings. The van der Waals surface area contributed by atoms with Gasteiger partial charge in [0.15, 0.2) is 5.82 Å². The molecule has 0 aliphatic heterocycles. The van der Waals surface area contributed by atoms with Crippen molar-refractivity contribution in [2.24, 2.45) is 5.10 Å². The summed E-state index contributed by atoms with van der Waals surface area (Å²) in [5, 5.41) is 13.3. The summed E-state index contributed by atoms with van der Waals surface area (Å²) < 4.78 is 5.58. The summed E-state index contributed by atoms with van der Waals surface area (Å²) in [7, 11) is 0. The highest BCUT2D eigenvalue weighted by molar-refractivity contribution is 6.29. The Kier molecular flexibility index (Phi) is 6.57. The normalized spacial score (nSPS) is 10.8. The Labute approximate surface area is 145 Å². The van der Waals surface area contributed by atoms with Gasteiger partial charge in [-0.1, -0.05) is 24.9 Å². The van der Waals surface area contributed by atoms with E-state index in [2.05, 4.69) is 22.4 Å². The fourth-order valence-electron chi connectivity index (χ4n) is 1.85. The average Bonchev–Trinajstić information content (AvgIpc) is 2.56. The van der Waals surface area contributed by atoms with E-state index in [4.69, 9.17) is 21.4 Å². The van der Waals surface area contributed by atoms with Gasteiger partial charge in [0.25, 0.3) is 0 Å². The zero-order valence-corrected chi connectivity index (χ0v) is 14.0. The molecule has 0 spiro atoms. The number of carboxylic acids is 1. The van der Waals surface area contributed by atoms with E-state index in [1.807, 2.05) is 24.3 Å². The highest BCUT2D eigenvalue weighted by Crippen LogP contribution is 2.17. The van der Waals surface area contributed by atoms with Crippen molar-refractivity contribution in [3.8, 4) is 5.75 Å². The Bertz CT molecular complexity index is 718. The summed E-state index contributed by atoms with van der Waals surface area (Å²) in [5.41, 5.74) is 3.44. The van der Waals surface area contributed by atoms with E-state index >= 15 is 0 Å². The second kappa shape index (κ2) is 8.88. The molecule has 0 amide bonds. The molecule has 0 atom stereocenters. The number of rotatable bonds is 8. The van der Waals surface area contributed by atoms with Gasteiger partial charge < -0.3 is 9.84 Å². The lowest BCUT2D eigenvalue weighted by molar-refractivity contribution is 0.0697. The van der Waals surface area contributed by atoms with Crippen LogP contribution in [-0.4, -0.2) is 28.9 Å². The number of unbranched alkanes of at least 4 members (excludes halogenated alkanes) is 1. The van der Waals surface area contributed by atoms with E-state index in [0.29, 0.717) is 6.61 Å². The summed E-state index contributed by atoms with van der Waals surface area (Å²) in [4.78, 5) is 15.0. The Morgan fingerprint density at radius 3 is 2.75 bits per heavy atom. The van der Waals surface area contributed by atoms with Crippen LogP contribution >= 0.6 is 11.6 Å². The number of hydrogen-bond acceptors (Lipinski definition) is 5. The smallest absolute Gasteiger partial charge is 0.339 e. The number of carbonyl (C=O) groups is 1. The van der Waals surface area contributed by atoms with Gasteiger partial charge >= 0.3 is 5.97 Å². The molecule has 0 unspecified atom stereocenters. The molecular weight excluding hydrogens is 330 g/mol. The SMILES string of the molecule is CCCCOc1ccc(C=NNc2nc(Cl)ccc2C(=O)O)cc1. The number of halogens is 1. The maximum absolute atomic E-state index is 11.1. The van der Waals surface area contributed by atoms with Gasteiger partial charge in [0.05, 0.1) is 12.8 Å². The highest BCUT2D eigenvalue weighted by atomic mass is 35.5. The fourth-order valence-corrected chi connectivity index (χ4v) is 1.99. The molecule has 1 aromatic carbocycles. The van der Waals surface area contributed by atoms with E-state index in [9.17, 15) is 4.79 Å². The zero-order chi connectivity index (χ0) is 17.4. The van der Waals surface area contributed by atoms with Crippen LogP contribution in [0.4, 0.5) is 5.82 Å². The fraction of sp³-hybridized carbons (Fsp3) is 0.235. The topological polar surface area (TPSA) is 83.8 Å². The first-order valence-corrected chi connectivity index (χ1v) is 7.89. The lowest BCUT2D eigenvalue weighted by atomic mass is 10.2. The minimum atomic E-state index is -1.11. The van der Waals surface area contributed by atoms with Crippen LogP contribution < -0.4 is 10.2 Å². The molecule has 0 bridgehead atoms. The Hall–Kier alpha value is -2.60. The van der Waals surface area contributed by atoms with Crippen molar-refractivity contribution in [2.75, 3.05) is 12.0 Å². The second-order valence-corrected chi connectivity index (χ2v) is 5.36. The number of carboxylic acid groups (broad SMARTS) is 1. The summed E-state index contributed by atoms with van der Waals surface area (Å²) in [6, 6.07) is 10.2. The van der Waals surface area contributed by atoms with Gasteiger partial charge in [-0.05, 0) is 48.4 Å². The number of aromatic nitrogens is 1. The van der Waals surface area contributed by atoms with Crippen LogP contribution in [0.25, 0.3) is 0 Å². The molecule has 7 heteroatoms. The molecule has 1 heterocycles. The third-order valence-electron chi connectivity index (χ3n) is 3.12. The number of nitrogens with zero attached hydrogens (tertiary/aromatic N) is 2. The molecule has 0 aliphatic rings. The van der Waals surface area contributed by atoms with Gasteiger partial charge in [0.1, 0.15) is 16.5 Å². The molecule has 1 aromatic heterocycles. The number of hydrogen-bond donors (Lipinski definition) is 2. The van der Waals surface area contributed by atoms with Crippen LogP contribution in [0.2, 0.25) is 5.15 Å². The van der Waals surface area contributed by atoms with Crippen molar-refractivity contribution in [3.63, 3.8) is 0 Å². The van der Waals surface area contributed by atoms with E-state index in [0.717, 1.165) is 24.2 Å². The number of anilines is 1. The number of ether oxygens (including phenoxy) is 1. The Morgan fingerprint density at radius 2 is 2.08 bits per heavy atom. The first kappa shape index (κ1) is 17.7. The van der Waals surface area contributed by atoms with Gasteiger partial charge in [-0.25, -0.2) is 9.78 Å². The van der Waals surface area contributed by atoms with Crippen LogP contribution in [0.15, 0.2) is 41.5 Å². The number of benzene rings is 1. The zero-order valence-electron chi connectivity index (χ0n) is 13.2. The Morgan fingerprint density at radius 1 is 1.33 bits per heavy atom. The maximum Gasteiger partial charge on any atom is 0.339 e. The van der Waals surface area contributed by atoms with Gasteiger partial charge in [0.2, 0.25) is 0 Å². The minimum Gasteiger partial charge on any atom is -0.494 e. The Balaban J connectivity index is 1.99. The maximum atomic E-state index is 11.1. The van der Waals surface area contributed by atoms with Crippen molar-refractivity contribution in [1.29, 1.82) is 0 Å². The van der Waals surface area contributed by atoms with Crippen LogP contribution in [0.3, 0.4) is 0 Å². The summed E-state index contributed by atoms with van der Waals surface area (Å²) in [5.74, 6) is -0.213. The number of pyridine rings is 1. The molecule has 6 nitrogen and oxygen atoms in total. The van der Waals surface area contributed by atoms with Crippen molar-refractivity contribution < 1.29 is 14.6 Å². The highest BCUT2D eigenvalue weighted by Gasteiger charge is 2.11. The van der Waals surface area contributed by atoms with Crippen LogP contribution in [-0.2, 0) is 0 Å². The summed E-state index contributed by atoms with van der Waals surface area (Å²) >= 11 is 5.78. The van der Waals surface area contributed by atoms with Crippen LogP contribution in [0.1, 0.15) is 35.7 Å². The molecule has 0 aliphatic carbocycles. The predicted molar refractivity (Wildman–Crippen MR) is 94.3 cm³/mol. The quantitative estimate of drug-likeness (QED) is 0.325. The second-order valence-electron chi connectivity index (χ2n) is 4.98. The molecule has 2 N–H and O–H groups in total. The number of nitrogens with one attached hydrogen (secondary N) is 1. The van der Waals surface area contributed by atoms with E-state index in [-0.39, 0.29) is 16.5 Å². The summed E-state index contributed by atoms with van der Waals surface area (Å²) in [6.07, 6.45) is 3.67. The van der Waals surface area contributed by atoms with Gasteiger partial charge in [0, 0.05) is 0 Å². The van der Waals surface area contributed by atoms with E-state index < -0.39 is 5.97 Å². The first-order valence-electron chi connectivity index (χ1n) is 7.52. The van der Waals surface area contributed by atoms with Gasteiger partial charge in [-0.2, -0.15) is 5.10 Å². The van der Waals surface area contributed by atoms with E-state index in [1.54, 1.807) is 6.21 Å². The monoisotopic (exact) mass is 347 g/mol. The van der Waals surface area contributed by atoms with Crippen LogP contribution in [0, 0.1) is 0 Å². The molecule has 0 saturated carbocycles. The van der Waals surface area contributed by atoms with Gasteiger partial charge in [-0.3, -0.25) is 5.43 Å². The van der Waals surface area contributed by atoms with Crippen molar-refractivity contribution in [1.82, 2.24) is 4.98 Å². The van der Waals surface area contributed by atoms with E-state index in [1.165, 1.54) is 12.1 Å². The van der Waals surface area contributed by atoms with Crippen molar-refractivity contribution in [2.45, 2.75) is 19.8 Å². The molecule has 24 heavy (non-hydrogen) atoms. The molecular formula is C17H18ClN3O3. The standard InChI is InChI=1S/C17H18ClN3O3/c1-2-3-10-24-13-6-4-12(5-7-13)11-19-21-16-14(17(22)23)8-9-15(18)20-16/h4-9,11H,2-3,10H2,1H3,(H,20,21)(H,22,23). The van der Waals surface area contributed by atoms with Crippen molar-refractivity contribution >= 4 is 29.6 Å². The number of hydrazone groups is 1. The predicted octanol–water partition coefficient (Wildman–Crippen LogP) is 4.06. The minimum absolute atomic E-state index is 0.00350. The molecule has 0 saturated heterocycles. The van der Waals surface area contributed by atoms with Crippen LogP contribution in [0.5, 0.6) is 5.75 Å². The molecule has 126 valence electrons. The first-order chi connectivity index (χ1) is 11.6. The molecule has 2 aromatic rings. The lowest BCUT2D eigenvalue weighted by Crippen LogP contribution is -2.04. The molecule has 0 radical (unpaired) electrons. The largest absolute Gasteiger partial charge is 0.494 e. The molecule has 2 rings (SSSR count). The third kappa shape index (κ3) is 5.24. The van der Waals surface area contributed by atoms with Crippen molar-refractivity contribution in [3.05, 3.63) is 52.7 Å². The third-order valence-corrected chi connectivity index (χ3v) is 3.33.